The highest BCUT2D eigenvalue weighted by Gasteiger charge is 1.88. The van der Waals surface area contributed by atoms with E-state index in [4.69, 9.17) is 5.41 Å². The van der Waals surface area contributed by atoms with Crippen molar-refractivity contribution < 1.29 is 0 Å². The molecular weight excluding hydrogens is 160 g/mol. The van der Waals surface area contributed by atoms with Crippen molar-refractivity contribution in [2.24, 2.45) is 4.99 Å². The summed E-state index contributed by atoms with van der Waals surface area (Å²) in [7, 11) is 0. The summed E-state index contributed by atoms with van der Waals surface area (Å²) in [4.78, 5) is 4.38. The molecule has 2 heteroatoms. The van der Waals surface area contributed by atoms with Crippen LogP contribution in [0, 0.1) is 5.41 Å². The molecule has 0 saturated heterocycles. The summed E-state index contributed by atoms with van der Waals surface area (Å²) in [5.74, 6) is 0. The summed E-state index contributed by atoms with van der Waals surface area (Å²) in [6, 6.07) is 0. The highest BCUT2D eigenvalue weighted by Crippen LogP contribution is 2.02. The predicted molar refractivity (Wildman–Crippen MR) is 59.7 cm³/mol. The summed E-state index contributed by atoms with van der Waals surface area (Å²) >= 11 is 0. The molecule has 0 rings (SSSR count). The molecule has 0 aliphatic heterocycles. The minimum Gasteiger partial charge on any atom is -0.306 e. The van der Waals surface area contributed by atoms with Crippen LogP contribution in [-0.2, 0) is 0 Å². The molecule has 0 aliphatic rings. The molecule has 0 atom stereocenters. The third-order valence-electron chi connectivity index (χ3n) is 1.59. The van der Waals surface area contributed by atoms with E-state index in [1.807, 2.05) is 26.0 Å². The largest absolute Gasteiger partial charge is 0.306 e. The number of hydrogen-bond donors (Lipinski definition) is 1. The zero-order valence-corrected chi connectivity index (χ0v) is 8.89. The summed E-state index contributed by atoms with van der Waals surface area (Å²) in [6.07, 6.45) is 6.57. The van der Waals surface area contributed by atoms with Gasteiger partial charge in [-0.3, -0.25) is 4.99 Å². The van der Waals surface area contributed by atoms with E-state index in [-0.39, 0.29) is 0 Å². The van der Waals surface area contributed by atoms with Gasteiger partial charge >= 0.3 is 0 Å². The normalized spacial score (nSPS) is 13.8. The first kappa shape index (κ1) is 11.8. The number of nitrogens with zero attached hydrogens (tertiary/aromatic N) is 1. The maximum absolute atomic E-state index is 7.20. The van der Waals surface area contributed by atoms with Crippen molar-refractivity contribution in [2.75, 3.05) is 0 Å². The summed E-state index contributed by atoms with van der Waals surface area (Å²) < 4.78 is 0. The average Bonchev–Trinajstić information content (AvgIpc) is 2.10. The molecule has 0 aromatic heterocycles. The molecular formula is C11H18N2. The van der Waals surface area contributed by atoms with E-state index in [2.05, 4.69) is 11.9 Å². The van der Waals surface area contributed by atoms with E-state index in [9.17, 15) is 0 Å². The first-order chi connectivity index (χ1) is 6.10. The Morgan fingerprint density at radius 1 is 1.31 bits per heavy atom. The zero-order chi connectivity index (χ0) is 10.3. The van der Waals surface area contributed by atoms with Crippen LogP contribution in [0.2, 0.25) is 0 Å². The molecule has 0 unspecified atom stereocenters. The molecule has 0 fully saturated rings. The number of hydrogen-bond acceptors (Lipinski definition) is 2. The SMILES string of the molecule is C\C=C(CC)/N=C(C)/C=C\C(C)=N. The molecule has 72 valence electrons. The van der Waals surface area contributed by atoms with Gasteiger partial charge in [0.25, 0.3) is 0 Å². The van der Waals surface area contributed by atoms with Gasteiger partial charge in [0.15, 0.2) is 0 Å². The molecule has 0 aliphatic carbocycles. The molecule has 0 bridgehead atoms. The lowest BCUT2D eigenvalue weighted by atomic mass is 10.3. The number of allylic oxidation sites excluding steroid dienone is 4. The van der Waals surface area contributed by atoms with E-state index in [0.29, 0.717) is 5.71 Å². The fourth-order valence-corrected chi connectivity index (χ4v) is 0.857. The van der Waals surface area contributed by atoms with Crippen LogP contribution in [0.15, 0.2) is 28.9 Å². The Bertz CT molecular complexity index is 257. The van der Waals surface area contributed by atoms with Crippen LogP contribution in [0.4, 0.5) is 0 Å². The lowest BCUT2D eigenvalue weighted by Crippen LogP contribution is -1.89. The Labute approximate surface area is 80.6 Å². The Hall–Kier alpha value is -1.18. The molecule has 2 nitrogen and oxygen atoms in total. The van der Waals surface area contributed by atoms with E-state index in [1.54, 1.807) is 13.0 Å². The van der Waals surface area contributed by atoms with Crippen molar-refractivity contribution in [1.82, 2.24) is 0 Å². The van der Waals surface area contributed by atoms with Gasteiger partial charge in [-0.15, -0.1) is 0 Å². The van der Waals surface area contributed by atoms with Crippen molar-refractivity contribution in [3.63, 3.8) is 0 Å². The fourth-order valence-electron chi connectivity index (χ4n) is 0.857. The zero-order valence-electron chi connectivity index (χ0n) is 8.89. The quantitative estimate of drug-likeness (QED) is 0.641. The van der Waals surface area contributed by atoms with Gasteiger partial charge in [-0.1, -0.05) is 13.0 Å². The minimum atomic E-state index is 0.549. The molecule has 0 spiro atoms. The Kier molecular flexibility index (Phi) is 5.77. The molecule has 0 radical (unpaired) electrons. The maximum atomic E-state index is 7.20. The van der Waals surface area contributed by atoms with Crippen LogP contribution in [0.1, 0.15) is 34.1 Å². The van der Waals surface area contributed by atoms with Gasteiger partial charge in [0, 0.05) is 17.1 Å². The first-order valence-electron chi connectivity index (χ1n) is 4.53. The van der Waals surface area contributed by atoms with Crippen LogP contribution in [-0.4, -0.2) is 11.4 Å². The van der Waals surface area contributed by atoms with Crippen LogP contribution in [0.25, 0.3) is 0 Å². The smallest absolute Gasteiger partial charge is 0.0376 e. The van der Waals surface area contributed by atoms with Crippen molar-refractivity contribution >= 4 is 11.4 Å². The second-order valence-electron chi connectivity index (χ2n) is 2.90. The average molecular weight is 178 g/mol. The molecule has 13 heavy (non-hydrogen) atoms. The molecule has 0 amide bonds. The number of aliphatic imine (C=N–C) groups is 1. The maximum Gasteiger partial charge on any atom is 0.0376 e. The fraction of sp³-hybridized carbons (Fsp3) is 0.455. The lowest BCUT2D eigenvalue weighted by Gasteiger charge is -1.96. The minimum absolute atomic E-state index is 0.549. The highest BCUT2D eigenvalue weighted by atomic mass is 14.7. The molecule has 0 aromatic rings. The molecule has 1 N–H and O–H groups in total. The van der Waals surface area contributed by atoms with Gasteiger partial charge in [0.05, 0.1) is 0 Å². The predicted octanol–water partition coefficient (Wildman–Crippen LogP) is 3.36. The highest BCUT2D eigenvalue weighted by molar-refractivity contribution is 6.00. The second kappa shape index (κ2) is 6.35. The third kappa shape index (κ3) is 6.02. The second-order valence-corrected chi connectivity index (χ2v) is 2.90. The van der Waals surface area contributed by atoms with Crippen molar-refractivity contribution in [3.05, 3.63) is 23.9 Å². The molecule has 0 saturated carbocycles. The van der Waals surface area contributed by atoms with Gasteiger partial charge in [0.2, 0.25) is 0 Å². The first-order valence-corrected chi connectivity index (χ1v) is 4.53. The van der Waals surface area contributed by atoms with E-state index in [0.717, 1.165) is 17.8 Å². The Balaban J connectivity index is 4.40. The number of nitrogens with one attached hydrogen (secondary N) is 1. The van der Waals surface area contributed by atoms with Crippen molar-refractivity contribution in [3.8, 4) is 0 Å². The van der Waals surface area contributed by atoms with Gasteiger partial charge in [-0.25, -0.2) is 0 Å². The number of rotatable bonds is 4. The molecule has 0 aromatic carbocycles. The lowest BCUT2D eigenvalue weighted by molar-refractivity contribution is 1.06. The topological polar surface area (TPSA) is 36.2 Å². The van der Waals surface area contributed by atoms with Gasteiger partial charge < -0.3 is 5.41 Å². The van der Waals surface area contributed by atoms with E-state index < -0.39 is 0 Å². The van der Waals surface area contributed by atoms with E-state index >= 15 is 0 Å². The molecule has 0 heterocycles. The van der Waals surface area contributed by atoms with Gasteiger partial charge in [-0.05, 0) is 39.3 Å². The van der Waals surface area contributed by atoms with Crippen LogP contribution < -0.4 is 0 Å². The van der Waals surface area contributed by atoms with Crippen molar-refractivity contribution in [2.45, 2.75) is 34.1 Å². The summed E-state index contributed by atoms with van der Waals surface area (Å²) in [6.45, 7) is 7.76. The van der Waals surface area contributed by atoms with E-state index in [1.165, 1.54) is 0 Å². The standard InChI is InChI=1S/C11H18N2/c1-5-11(6-2)13-10(4)8-7-9(3)12/h5,7-8,12H,6H2,1-4H3/b8-7-,11-5-,12-9?,13-10+. The summed E-state index contributed by atoms with van der Waals surface area (Å²) in [5, 5.41) is 7.20. The Morgan fingerprint density at radius 2 is 1.92 bits per heavy atom. The third-order valence-corrected chi connectivity index (χ3v) is 1.59. The van der Waals surface area contributed by atoms with Gasteiger partial charge in [0.1, 0.15) is 0 Å². The monoisotopic (exact) mass is 178 g/mol. The van der Waals surface area contributed by atoms with Gasteiger partial charge in [-0.2, -0.15) is 0 Å². The van der Waals surface area contributed by atoms with Crippen LogP contribution in [0.3, 0.4) is 0 Å². The van der Waals surface area contributed by atoms with Crippen LogP contribution in [0.5, 0.6) is 0 Å². The summed E-state index contributed by atoms with van der Waals surface area (Å²) in [5.41, 5.74) is 2.58. The Morgan fingerprint density at radius 3 is 2.31 bits per heavy atom. The van der Waals surface area contributed by atoms with Crippen LogP contribution >= 0.6 is 0 Å². The van der Waals surface area contributed by atoms with Crippen molar-refractivity contribution in [1.29, 1.82) is 5.41 Å².